The van der Waals surface area contributed by atoms with E-state index in [1.165, 1.54) is 7.11 Å². The zero-order valence-corrected chi connectivity index (χ0v) is 43.2. The number of rotatable bonds is 19. The Balaban J connectivity index is 0.000000271. The molecule has 6 aromatic rings. The Morgan fingerprint density at radius 3 is 1.41 bits per heavy atom. The molecule has 73 heavy (non-hydrogen) atoms. The average Bonchev–Trinajstić information content (AvgIpc) is 3.33. The zero-order chi connectivity index (χ0) is 54.1. The van der Waals surface area contributed by atoms with Gasteiger partial charge in [-0.2, -0.15) is 41.3 Å². The molecule has 0 aliphatic heterocycles. The molecule has 0 bridgehead atoms. The van der Waals surface area contributed by atoms with Gasteiger partial charge in [0.05, 0.1) is 30.4 Å². The standard InChI is InChI=1S/C27H29ClF3N3O3.C26H27ClF3N3O3/c1-16(2)15-37-19-10-8-18(9-11-19)23-32-24(34-25(33-23)36-5)20-14-17(6-12-21(20)28)7-13-22(35)26(3,4)27(29,30)31;1-15(2)14-36-18-9-7-17(8-10-18)22-31-23(33-24(35)32-22)19-13-16(5-11-20(19)27)6-12-21(34)25(3,4)26(28,29)30/h6,8-12,14,16H,7,13,15H2,1-5H3;5,7-11,13,15H,6,12,14H2,1-4H3,(H,31,32,33,35). The number of methoxy groups -OCH3 is 1. The second kappa shape index (κ2) is 24.1. The van der Waals surface area contributed by atoms with Crippen LogP contribution in [0, 0.1) is 22.7 Å². The maximum atomic E-state index is 13.2. The van der Waals surface area contributed by atoms with E-state index in [0.29, 0.717) is 75.0 Å². The van der Waals surface area contributed by atoms with Gasteiger partial charge in [0.2, 0.25) is 0 Å². The monoisotopic (exact) mass is 1060 g/mol. The summed E-state index contributed by atoms with van der Waals surface area (Å²) in [6.45, 7) is 12.9. The molecule has 4 aromatic carbocycles. The van der Waals surface area contributed by atoms with Gasteiger partial charge in [0.15, 0.2) is 17.5 Å². The molecule has 0 fully saturated rings. The van der Waals surface area contributed by atoms with Crippen molar-refractivity contribution in [1.29, 1.82) is 0 Å². The van der Waals surface area contributed by atoms with Crippen molar-refractivity contribution in [1.82, 2.24) is 29.9 Å². The number of hydrogen-bond donors (Lipinski definition) is 1. The van der Waals surface area contributed by atoms with E-state index in [1.807, 2.05) is 38.1 Å². The molecular formula is C53H56Cl2F6N6O6. The minimum Gasteiger partial charge on any atom is -0.493 e. The van der Waals surface area contributed by atoms with E-state index in [-0.39, 0.29) is 54.2 Å². The molecule has 0 spiro atoms. The predicted octanol–water partition coefficient (Wildman–Crippen LogP) is 13.3. The third-order valence-corrected chi connectivity index (χ3v) is 12.1. The Morgan fingerprint density at radius 2 is 0.986 bits per heavy atom. The molecule has 0 amide bonds. The Hall–Kier alpha value is -6.40. The van der Waals surface area contributed by atoms with Crippen LogP contribution >= 0.6 is 23.2 Å². The predicted molar refractivity (Wildman–Crippen MR) is 268 cm³/mol. The topological polar surface area (TPSA) is 159 Å². The lowest BCUT2D eigenvalue weighted by molar-refractivity contribution is -0.211. The zero-order valence-electron chi connectivity index (χ0n) is 41.7. The number of hydrogen-bond acceptors (Lipinski definition) is 11. The third kappa shape index (κ3) is 15.3. The average molecular weight is 1060 g/mol. The van der Waals surface area contributed by atoms with Crippen LogP contribution in [-0.2, 0) is 22.4 Å². The van der Waals surface area contributed by atoms with Crippen LogP contribution in [0.15, 0.2) is 89.7 Å². The number of alkyl halides is 6. The largest absolute Gasteiger partial charge is 0.493 e. The quantitative estimate of drug-likeness (QED) is 0.0769. The molecule has 20 heteroatoms. The summed E-state index contributed by atoms with van der Waals surface area (Å²) in [5, 5.41) is 0.612. The number of ether oxygens (including phenoxy) is 3. The number of ketones is 2. The first-order valence-electron chi connectivity index (χ1n) is 23.1. The molecule has 1 N–H and O–H groups in total. The Labute approximate surface area is 429 Å². The SMILES string of the molecule is CC(C)COc1ccc(-c2nc(-c3cc(CCC(=O)C(C)(C)C(F)(F)F)ccc3Cl)[nH]c(=O)n2)cc1.COc1nc(-c2ccc(OCC(C)C)cc2)nc(-c2cc(CCC(=O)C(C)(C)C(F)(F)F)ccc2Cl)n1. The van der Waals surface area contributed by atoms with E-state index in [2.05, 4.69) is 43.8 Å². The molecule has 6 rings (SSSR count). The summed E-state index contributed by atoms with van der Waals surface area (Å²) in [5.41, 5.74) is -2.20. The van der Waals surface area contributed by atoms with Crippen LogP contribution in [0.1, 0.15) is 79.4 Å². The molecule has 0 aliphatic rings. The van der Waals surface area contributed by atoms with Gasteiger partial charge in [0.1, 0.15) is 39.7 Å². The number of nitrogens with zero attached hydrogens (tertiary/aromatic N) is 5. The van der Waals surface area contributed by atoms with Crippen LogP contribution in [0.5, 0.6) is 17.5 Å². The number of aromatic amines is 1. The second-order valence-electron chi connectivity index (χ2n) is 19.0. The number of halogens is 8. The van der Waals surface area contributed by atoms with Crippen molar-refractivity contribution < 1.29 is 50.1 Å². The minimum atomic E-state index is -4.63. The fourth-order valence-corrected chi connectivity index (χ4v) is 6.94. The molecule has 0 saturated heterocycles. The van der Waals surface area contributed by atoms with Crippen LogP contribution in [0.3, 0.4) is 0 Å². The molecule has 2 aromatic heterocycles. The van der Waals surface area contributed by atoms with E-state index >= 15 is 0 Å². The number of Topliss-reactive ketones (excluding diaryl/α,β-unsaturated/α-hetero) is 2. The first-order valence-corrected chi connectivity index (χ1v) is 23.9. The van der Waals surface area contributed by atoms with E-state index in [1.54, 1.807) is 60.7 Å². The van der Waals surface area contributed by atoms with Crippen LogP contribution in [0.25, 0.3) is 45.6 Å². The number of carbonyl (C=O) groups excluding carboxylic acids is 2. The minimum absolute atomic E-state index is 0.0719. The molecule has 390 valence electrons. The van der Waals surface area contributed by atoms with E-state index in [4.69, 9.17) is 37.4 Å². The van der Waals surface area contributed by atoms with E-state index in [9.17, 15) is 40.7 Å². The summed E-state index contributed by atoms with van der Waals surface area (Å²) >= 11 is 12.8. The number of aryl methyl sites for hydroxylation is 2. The van der Waals surface area contributed by atoms with Gasteiger partial charge in [-0.05, 0) is 136 Å². The van der Waals surface area contributed by atoms with E-state index < -0.39 is 40.4 Å². The van der Waals surface area contributed by atoms with Crippen LogP contribution < -0.4 is 19.9 Å². The number of H-pyrrole nitrogens is 1. The molecule has 0 aliphatic carbocycles. The molecular weight excluding hydrogens is 1000 g/mol. The second-order valence-corrected chi connectivity index (χ2v) is 19.8. The first kappa shape index (κ1) is 57.5. The maximum absolute atomic E-state index is 13.2. The van der Waals surface area contributed by atoms with Crippen LogP contribution in [0.4, 0.5) is 26.3 Å². The molecule has 2 heterocycles. The van der Waals surface area contributed by atoms with Crippen molar-refractivity contribution in [2.75, 3.05) is 20.3 Å². The highest BCUT2D eigenvalue weighted by atomic mass is 35.5. The molecule has 12 nitrogen and oxygen atoms in total. The van der Waals surface area contributed by atoms with Gasteiger partial charge in [-0.1, -0.05) is 63.0 Å². The highest BCUT2D eigenvalue weighted by molar-refractivity contribution is 6.33. The Morgan fingerprint density at radius 1 is 0.575 bits per heavy atom. The fraction of sp³-hybridized carbons (Fsp3) is 0.396. The van der Waals surface area contributed by atoms with Crippen molar-refractivity contribution in [2.45, 2.75) is 93.4 Å². The lowest BCUT2D eigenvalue weighted by atomic mass is 9.84. The highest BCUT2D eigenvalue weighted by Gasteiger charge is 2.52. The van der Waals surface area contributed by atoms with E-state index in [0.717, 1.165) is 33.4 Å². The fourth-order valence-electron chi connectivity index (χ4n) is 6.53. The van der Waals surface area contributed by atoms with Crippen molar-refractivity contribution >= 4 is 34.8 Å². The summed E-state index contributed by atoms with van der Waals surface area (Å²) in [7, 11) is 1.43. The van der Waals surface area contributed by atoms with Gasteiger partial charge in [-0.15, -0.1) is 0 Å². The van der Waals surface area contributed by atoms with Gasteiger partial charge in [-0.25, -0.2) is 14.8 Å². The summed E-state index contributed by atoms with van der Waals surface area (Å²) in [5.74, 6) is 1.27. The number of carbonyl (C=O) groups is 2. The summed E-state index contributed by atoms with van der Waals surface area (Å²) < 4.78 is 95.8. The van der Waals surface area contributed by atoms with Crippen molar-refractivity contribution in [2.24, 2.45) is 22.7 Å². The van der Waals surface area contributed by atoms with Gasteiger partial charge in [0.25, 0.3) is 0 Å². The molecule has 0 radical (unpaired) electrons. The van der Waals surface area contributed by atoms with Gasteiger partial charge < -0.3 is 14.2 Å². The molecule has 0 unspecified atom stereocenters. The summed E-state index contributed by atoms with van der Waals surface area (Å²) in [6, 6.07) is 24.0. The van der Waals surface area contributed by atoms with Crippen LogP contribution in [-0.4, -0.2) is 74.1 Å². The lowest BCUT2D eigenvalue weighted by Crippen LogP contribution is -2.39. The van der Waals surface area contributed by atoms with Crippen molar-refractivity contribution in [3.63, 3.8) is 0 Å². The molecule has 0 atom stereocenters. The van der Waals surface area contributed by atoms with Gasteiger partial charge >= 0.3 is 24.1 Å². The van der Waals surface area contributed by atoms with Gasteiger partial charge in [0, 0.05) is 35.1 Å². The Kier molecular flexibility index (Phi) is 19.0. The number of benzene rings is 4. The number of aromatic nitrogens is 6. The van der Waals surface area contributed by atoms with Crippen LogP contribution in [0.2, 0.25) is 10.0 Å². The first-order chi connectivity index (χ1) is 34.1. The summed E-state index contributed by atoms with van der Waals surface area (Å²) in [6.07, 6.45) is -9.65. The van der Waals surface area contributed by atoms with Gasteiger partial charge in [-0.3, -0.25) is 14.6 Å². The smallest absolute Gasteiger partial charge is 0.400 e. The maximum Gasteiger partial charge on any atom is 0.400 e. The summed E-state index contributed by atoms with van der Waals surface area (Å²) in [4.78, 5) is 60.9. The highest BCUT2D eigenvalue weighted by Crippen LogP contribution is 2.41. The lowest BCUT2D eigenvalue weighted by Gasteiger charge is -2.26. The molecule has 0 saturated carbocycles. The normalized spacial score (nSPS) is 12.1. The number of nitrogens with one attached hydrogen (secondary N) is 1. The van der Waals surface area contributed by atoms with Crippen molar-refractivity contribution in [3.05, 3.63) is 117 Å². The van der Waals surface area contributed by atoms with Crippen molar-refractivity contribution in [3.8, 4) is 63.1 Å². The Bertz CT molecular complexity index is 2930. The third-order valence-electron chi connectivity index (χ3n) is 11.5.